The van der Waals surface area contributed by atoms with Crippen molar-refractivity contribution in [3.8, 4) is 0 Å². The van der Waals surface area contributed by atoms with Crippen LogP contribution in [0.2, 0.25) is 0 Å². The van der Waals surface area contributed by atoms with E-state index in [0.717, 1.165) is 19.7 Å². The average Bonchev–Trinajstić information content (AvgIpc) is 2.26. The van der Waals surface area contributed by atoms with Crippen molar-refractivity contribution in [1.82, 2.24) is 15.1 Å². The molecule has 0 spiro atoms. The van der Waals surface area contributed by atoms with Crippen molar-refractivity contribution in [2.45, 2.75) is 38.8 Å². The van der Waals surface area contributed by atoms with E-state index in [9.17, 15) is 0 Å². The number of ether oxygens (including phenoxy) is 1. The molecule has 2 heterocycles. The van der Waals surface area contributed by atoms with Gasteiger partial charge in [0, 0.05) is 58.0 Å². The van der Waals surface area contributed by atoms with Crippen molar-refractivity contribution in [1.29, 1.82) is 0 Å². The third-order valence-electron chi connectivity index (χ3n) is 4.04. The Morgan fingerprint density at radius 1 is 1.11 bits per heavy atom. The smallest absolute Gasteiger partial charge is 0.0823 e. The van der Waals surface area contributed by atoms with Crippen LogP contribution >= 0.6 is 0 Å². The topological polar surface area (TPSA) is 27.7 Å². The van der Waals surface area contributed by atoms with Crippen LogP contribution in [0.25, 0.3) is 0 Å². The number of nitrogens with zero attached hydrogens (tertiary/aromatic N) is 2. The maximum atomic E-state index is 5.74. The summed E-state index contributed by atoms with van der Waals surface area (Å²) >= 11 is 0. The van der Waals surface area contributed by atoms with Crippen molar-refractivity contribution in [3.63, 3.8) is 0 Å². The highest BCUT2D eigenvalue weighted by atomic mass is 16.5. The SMILES string of the molecule is CC(C)(C)N1CCN(CCCOC2CNC2)CC1. The molecule has 0 aromatic heterocycles. The van der Waals surface area contributed by atoms with Crippen LogP contribution in [0.3, 0.4) is 0 Å². The molecule has 4 nitrogen and oxygen atoms in total. The van der Waals surface area contributed by atoms with Crippen LogP contribution in [0.1, 0.15) is 27.2 Å². The number of nitrogens with one attached hydrogen (secondary N) is 1. The molecule has 0 amide bonds. The molecule has 0 atom stereocenters. The number of hydrogen-bond donors (Lipinski definition) is 1. The second-order valence-corrected chi connectivity index (χ2v) is 6.50. The van der Waals surface area contributed by atoms with E-state index in [0.29, 0.717) is 11.6 Å². The van der Waals surface area contributed by atoms with E-state index in [2.05, 4.69) is 35.9 Å². The first kappa shape index (κ1) is 14.3. The van der Waals surface area contributed by atoms with Gasteiger partial charge in [0.25, 0.3) is 0 Å². The van der Waals surface area contributed by atoms with Crippen molar-refractivity contribution in [2.75, 3.05) is 52.4 Å². The van der Waals surface area contributed by atoms with Gasteiger partial charge in [-0.25, -0.2) is 0 Å². The van der Waals surface area contributed by atoms with E-state index >= 15 is 0 Å². The minimum absolute atomic E-state index is 0.326. The Balaban J connectivity index is 1.53. The van der Waals surface area contributed by atoms with Crippen molar-refractivity contribution < 1.29 is 4.74 Å². The average molecular weight is 255 g/mol. The molecule has 0 aromatic rings. The molecule has 18 heavy (non-hydrogen) atoms. The Morgan fingerprint density at radius 2 is 1.78 bits per heavy atom. The predicted molar refractivity (Wildman–Crippen MR) is 75.0 cm³/mol. The van der Waals surface area contributed by atoms with Crippen molar-refractivity contribution >= 4 is 0 Å². The third-order valence-corrected chi connectivity index (χ3v) is 4.04. The molecular formula is C14H29N3O. The molecule has 2 saturated heterocycles. The molecule has 2 aliphatic heterocycles. The lowest BCUT2D eigenvalue weighted by Crippen LogP contribution is -2.53. The van der Waals surface area contributed by atoms with Crippen molar-refractivity contribution in [2.24, 2.45) is 0 Å². The minimum Gasteiger partial charge on any atom is -0.376 e. The monoisotopic (exact) mass is 255 g/mol. The lowest BCUT2D eigenvalue weighted by atomic mass is 10.0. The molecule has 2 fully saturated rings. The second-order valence-electron chi connectivity index (χ2n) is 6.50. The Kier molecular flexibility index (Phi) is 5.01. The van der Waals surface area contributed by atoms with Gasteiger partial charge in [-0.1, -0.05) is 0 Å². The van der Waals surface area contributed by atoms with Gasteiger partial charge in [-0.2, -0.15) is 0 Å². The third kappa shape index (κ3) is 4.19. The zero-order valence-corrected chi connectivity index (χ0v) is 12.2. The van der Waals surface area contributed by atoms with Crippen LogP contribution in [0.15, 0.2) is 0 Å². The molecule has 2 aliphatic rings. The highest BCUT2D eigenvalue weighted by Crippen LogP contribution is 2.15. The summed E-state index contributed by atoms with van der Waals surface area (Å²) in [7, 11) is 0. The molecular weight excluding hydrogens is 226 g/mol. The molecule has 0 saturated carbocycles. The van der Waals surface area contributed by atoms with E-state index in [1.807, 2.05) is 0 Å². The van der Waals surface area contributed by atoms with E-state index in [1.165, 1.54) is 39.1 Å². The largest absolute Gasteiger partial charge is 0.376 e. The first-order valence-corrected chi connectivity index (χ1v) is 7.35. The first-order chi connectivity index (χ1) is 8.55. The lowest BCUT2D eigenvalue weighted by molar-refractivity contribution is 0.00952. The molecule has 0 aromatic carbocycles. The summed E-state index contributed by atoms with van der Waals surface area (Å²) in [4.78, 5) is 5.16. The van der Waals surface area contributed by atoms with Crippen LogP contribution < -0.4 is 5.32 Å². The van der Waals surface area contributed by atoms with Crippen LogP contribution in [-0.4, -0.2) is 73.9 Å². The Hall–Kier alpha value is -0.160. The van der Waals surface area contributed by atoms with E-state index in [-0.39, 0.29) is 0 Å². The Labute approximate surface area is 112 Å². The predicted octanol–water partition coefficient (Wildman–Crippen LogP) is 0.781. The van der Waals surface area contributed by atoms with Gasteiger partial charge < -0.3 is 15.0 Å². The maximum absolute atomic E-state index is 5.74. The Bertz CT molecular complexity index is 240. The fourth-order valence-electron chi connectivity index (χ4n) is 2.56. The second kappa shape index (κ2) is 6.33. The summed E-state index contributed by atoms with van der Waals surface area (Å²) in [6, 6.07) is 0. The fourth-order valence-corrected chi connectivity index (χ4v) is 2.56. The lowest BCUT2D eigenvalue weighted by Gasteiger charge is -2.42. The molecule has 2 rings (SSSR count). The molecule has 106 valence electrons. The highest BCUT2D eigenvalue weighted by molar-refractivity contribution is 4.81. The number of rotatable bonds is 5. The first-order valence-electron chi connectivity index (χ1n) is 7.35. The zero-order chi connectivity index (χ0) is 13.0. The van der Waals surface area contributed by atoms with Crippen molar-refractivity contribution in [3.05, 3.63) is 0 Å². The van der Waals surface area contributed by atoms with E-state index in [4.69, 9.17) is 4.74 Å². The van der Waals surface area contributed by atoms with Gasteiger partial charge in [0.2, 0.25) is 0 Å². The van der Waals surface area contributed by atoms with Gasteiger partial charge in [0.15, 0.2) is 0 Å². The summed E-state index contributed by atoms with van der Waals surface area (Å²) in [5.74, 6) is 0. The summed E-state index contributed by atoms with van der Waals surface area (Å²) in [6.45, 7) is 16.0. The van der Waals surface area contributed by atoms with Gasteiger partial charge in [-0.15, -0.1) is 0 Å². The van der Waals surface area contributed by atoms with E-state index < -0.39 is 0 Å². The van der Waals surface area contributed by atoms with Gasteiger partial charge in [0.05, 0.1) is 6.10 Å². The van der Waals surface area contributed by atoms with E-state index in [1.54, 1.807) is 0 Å². The fraction of sp³-hybridized carbons (Fsp3) is 1.00. The number of piperazine rings is 1. The molecule has 1 N–H and O–H groups in total. The number of hydrogen-bond acceptors (Lipinski definition) is 4. The molecule has 0 unspecified atom stereocenters. The zero-order valence-electron chi connectivity index (χ0n) is 12.2. The quantitative estimate of drug-likeness (QED) is 0.735. The van der Waals surface area contributed by atoms with Crippen LogP contribution in [0.5, 0.6) is 0 Å². The standard InChI is InChI=1S/C14H29N3O/c1-14(2,3)17-8-6-16(7-9-17)5-4-10-18-13-11-15-12-13/h13,15H,4-12H2,1-3H3. The summed E-state index contributed by atoms with van der Waals surface area (Å²) in [6.07, 6.45) is 1.66. The summed E-state index contributed by atoms with van der Waals surface area (Å²) < 4.78 is 5.74. The molecule has 0 bridgehead atoms. The maximum Gasteiger partial charge on any atom is 0.0823 e. The minimum atomic E-state index is 0.326. The van der Waals surface area contributed by atoms with Gasteiger partial charge >= 0.3 is 0 Å². The molecule has 0 radical (unpaired) electrons. The van der Waals surface area contributed by atoms with Gasteiger partial charge in [-0.3, -0.25) is 4.90 Å². The molecule has 4 heteroatoms. The summed E-state index contributed by atoms with van der Waals surface area (Å²) in [5, 5.41) is 3.23. The Morgan fingerprint density at radius 3 is 2.28 bits per heavy atom. The van der Waals surface area contributed by atoms with Gasteiger partial charge in [0.1, 0.15) is 0 Å². The highest BCUT2D eigenvalue weighted by Gasteiger charge is 2.25. The molecule has 0 aliphatic carbocycles. The van der Waals surface area contributed by atoms with Crippen LogP contribution in [-0.2, 0) is 4.74 Å². The van der Waals surface area contributed by atoms with Gasteiger partial charge in [-0.05, 0) is 27.2 Å². The van der Waals surface area contributed by atoms with Crippen LogP contribution in [0.4, 0.5) is 0 Å². The summed E-state index contributed by atoms with van der Waals surface area (Å²) in [5.41, 5.74) is 0.326. The van der Waals surface area contributed by atoms with Crippen LogP contribution in [0, 0.1) is 0 Å². The normalized spacial score (nSPS) is 24.2.